The lowest BCUT2D eigenvalue weighted by Crippen LogP contribution is -2.43. The first kappa shape index (κ1) is 22.0. The van der Waals surface area contributed by atoms with E-state index in [0.717, 1.165) is 32.5 Å². The molecule has 2 aromatic rings. The zero-order chi connectivity index (χ0) is 22.0. The Bertz CT molecular complexity index is 1090. The number of aliphatic imine (C=N–C) groups is 1. The summed E-state index contributed by atoms with van der Waals surface area (Å²) >= 11 is 1.82. The number of nitrogens with one attached hydrogen (secondary N) is 2. The van der Waals surface area contributed by atoms with Crippen LogP contribution in [0.5, 0.6) is 0 Å². The quantitative estimate of drug-likeness (QED) is 0.664. The Balaban J connectivity index is 1.43. The van der Waals surface area contributed by atoms with Crippen molar-refractivity contribution in [2.45, 2.75) is 44.2 Å². The Morgan fingerprint density at radius 3 is 2.94 bits per heavy atom. The van der Waals surface area contributed by atoms with Gasteiger partial charge in [0.15, 0.2) is 0 Å². The number of carbonyl (C=O) groups is 1. The van der Waals surface area contributed by atoms with Crippen LogP contribution in [0, 0.1) is 5.92 Å². The Hall–Kier alpha value is -2.23. The van der Waals surface area contributed by atoms with Gasteiger partial charge in [-0.2, -0.15) is 0 Å². The lowest BCUT2D eigenvalue weighted by Gasteiger charge is -2.27. The molecule has 0 bridgehead atoms. The van der Waals surface area contributed by atoms with Crippen molar-refractivity contribution >= 4 is 33.1 Å². The predicted molar refractivity (Wildman–Crippen MR) is 123 cm³/mol. The third-order valence-corrected chi connectivity index (χ3v) is 8.42. The molecule has 1 amide bonds. The second kappa shape index (κ2) is 9.10. The Kier molecular flexibility index (Phi) is 6.45. The number of benzene rings is 1. The fourth-order valence-electron chi connectivity index (χ4n) is 3.98. The van der Waals surface area contributed by atoms with Crippen LogP contribution in [0.3, 0.4) is 0 Å². The van der Waals surface area contributed by atoms with Gasteiger partial charge in [0.05, 0.1) is 4.90 Å². The van der Waals surface area contributed by atoms with Crippen LogP contribution in [0.4, 0.5) is 0 Å². The lowest BCUT2D eigenvalue weighted by atomic mass is 9.98. The molecular formula is C22H28N4O3S2. The van der Waals surface area contributed by atoms with Crippen LogP contribution in [0.15, 0.2) is 45.6 Å². The maximum Gasteiger partial charge on any atom is 0.263 e. The Labute approximate surface area is 187 Å². The van der Waals surface area contributed by atoms with E-state index in [4.69, 9.17) is 0 Å². The first-order valence-corrected chi connectivity index (χ1v) is 13.0. The Morgan fingerprint density at radius 1 is 1.32 bits per heavy atom. The number of fused-ring (bicyclic) bond motifs is 2. The van der Waals surface area contributed by atoms with Crippen LogP contribution in [-0.2, 0) is 27.8 Å². The topological polar surface area (TPSA) is 90.9 Å². The summed E-state index contributed by atoms with van der Waals surface area (Å²) in [5.74, 6) is 0.0591. The van der Waals surface area contributed by atoms with E-state index in [1.165, 1.54) is 10.4 Å². The number of amides is 1. The summed E-state index contributed by atoms with van der Waals surface area (Å²) in [6.07, 6.45) is 1.82. The van der Waals surface area contributed by atoms with E-state index < -0.39 is 16.1 Å². The van der Waals surface area contributed by atoms with Gasteiger partial charge < -0.3 is 5.32 Å². The summed E-state index contributed by atoms with van der Waals surface area (Å²) in [4.78, 5) is 21.6. The molecule has 0 aliphatic carbocycles. The summed E-state index contributed by atoms with van der Waals surface area (Å²) in [5.41, 5.74) is 1.90. The number of amidine groups is 1. The van der Waals surface area contributed by atoms with Gasteiger partial charge in [-0.25, -0.2) is 8.42 Å². The SMILES string of the molecule is CC[C@H](C)[C@H](N=C1NS(=O)(=O)c2ccccc21)C(=O)NCCN1CCc2sccc2C1. The normalized spacial score (nSPS) is 20.5. The highest BCUT2D eigenvalue weighted by Crippen LogP contribution is 2.25. The minimum atomic E-state index is -3.63. The fraction of sp³-hybridized carbons (Fsp3) is 0.455. The highest BCUT2D eigenvalue weighted by molar-refractivity contribution is 7.90. The van der Waals surface area contributed by atoms with Crippen LogP contribution in [0.2, 0.25) is 0 Å². The summed E-state index contributed by atoms with van der Waals surface area (Å²) in [6, 6.07) is 8.24. The first-order chi connectivity index (χ1) is 14.9. The second-order valence-electron chi connectivity index (χ2n) is 8.10. The number of rotatable bonds is 7. The predicted octanol–water partition coefficient (Wildman–Crippen LogP) is 2.38. The standard InChI is InChI=1S/C22H28N4O3S2/c1-3-15(2)20(24-21-17-6-4-5-7-19(17)31(28,29)25-21)22(27)23-10-12-26-11-8-18-16(14-26)9-13-30-18/h4-7,9,13,15,20H,3,8,10-12,14H2,1-2H3,(H,23,27)(H,24,25)/t15-,20-/m0/s1. The van der Waals surface area contributed by atoms with E-state index in [1.54, 1.807) is 24.3 Å². The third-order valence-electron chi connectivity index (χ3n) is 6.00. The molecule has 9 heteroatoms. The van der Waals surface area contributed by atoms with Crippen molar-refractivity contribution in [3.63, 3.8) is 0 Å². The van der Waals surface area contributed by atoms with Crippen LogP contribution >= 0.6 is 11.3 Å². The molecule has 0 saturated heterocycles. The zero-order valence-corrected chi connectivity index (χ0v) is 19.4. The molecule has 4 rings (SSSR count). The van der Waals surface area contributed by atoms with Gasteiger partial charge in [-0.05, 0) is 41.5 Å². The zero-order valence-electron chi connectivity index (χ0n) is 17.8. The second-order valence-corrected chi connectivity index (χ2v) is 10.7. The van der Waals surface area contributed by atoms with Gasteiger partial charge in [0.25, 0.3) is 10.0 Å². The summed E-state index contributed by atoms with van der Waals surface area (Å²) in [6.45, 7) is 7.21. The molecule has 7 nitrogen and oxygen atoms in total. The molecule has 2 N–H and O–H groups in total. The monoisotopic (exact) mass is 460 g/mol. The van der Waals surface area contributed by atoms with Gasteiger partial charge in [0, 0.05) is 36.6 Å². The first-order valence-electron chi connectivity index (χ1n) is 10.6. The highest BCUT2D eigenvalue weighted by Gasteiger charge is 2.33. The van der Waals surface area contributed by atoms with Gasteiger partial charge in [-0.3, -0.25) is 19.4 Å². The highest BCUT2D eigenvalue weighted by atomic mass is 32.2. The van der Waals surface area contributed by atoms with Gasteiger partial charge >= 0.3 is 0 Å². The number of sulfonamides is 1. The van der Waals surface area contributed by atoms with Gasteiger partial charge in [0.1, 0.15) is 11.9 Å². The molecule has 0 spiro atoms. The summed E-state index contributed by atoms with van der Waals surface area (Å²) in [7, 11) is -3.63. The van der Waals surface area contributed by atoms with Crippen molar-refractivity contribution in [3.8, 4) is 0 Å². The van der Waals surface area contributed by atoms with Gasteiger partial charge in [0.2, 0.25) is 5.91 Å². The van der Waals surface area contributed by atoms with Crippen molar-refractivity contribution < 1.29 is 13.2 Å². The number of nitrogens with zero attached hydrogens (tertiary/aromatic N) is 2. The molecule has 0 saturated carbocycles. The van der Waals surface area contributed by atoms with E-state index in [1.807, 2.05) is 25.2 Å². The van der Waals surface area contributed by atoms with E-state index in [2.05, 4.69) is 31.4 Å². The van der Waals surface area contributed by atoms with Crippen molar-refractivity contribution in [2.24, 2.45) is 10.9 Å². The molecule has 0 unspecified atom stereocenters. The van der Waals surface area contributed by atoms with Crippen molar-refractivity contribution in [2.75, 3.05) is 19.6 Å². The summed E-state index contributed by atoms with van der Waals surface area (Å²) in [5, 5.41) is 5.16. The summed E-state index contributed by atoms with van der Waals surface area (Å²) < 4.78 is 27.3. The maximum atomic E-state index is 13.0. The van der Waals surface area contributed by atoms with Crippen molar-refractivity contribution in [1.29, 1.82) is 0 Å². The minimum absolute atomic E-state index is 0.0203. The molecule has 2 atom stereocenters. The lowest BCUT2D eigenvalue weighted by molar-refractivity contribution is -0.123. The molecule has 2 aliphatic heterocycles. The van der Waals surface area contributed by atoms with Crippen LogP contribution < -0.4 is 10.0 Å². The average molecular weight is 461 g/mol. The van der Waals surface area contributed by atoms with Crippen LogP contribution in [0.25, 0.3) is 0 Å². The van der Waals surface area contributed by atoms with E-state index in [9.17, 15) is 13.2 Å². The molecular weight excluding hydrogens is 432 g/mol. The molecule has 31 heavy (non-hydrogen) atoms. The molecule has 1 aromatic carbocycles. The number of carbonyl (C=O) groups excluding carboxylic acids is 1. The number of hydrogen-bond donors (Lipinski definition) is 2. The fourth-order valence-corrected chi connectivity index (χ4v) is 6.10. The van der Waals surface area contributed by atoms with E-state index >= 15 is 0 Å². The molecule has 2 aliphatic rings. The molecule has 166 valence electrons. The number of thiophene rings is 1. The molecule has 1 aromatic heterocycles. The van der Waals surface area contributed by atoms with Crippen molar-refractivity contribution in [3.05, 3.63) is 51.7 Å². The largest absolute Gasteiger partial charge is 0.353 e. The van der Waals surface area contributed by atoms with E-state index in [-0.39, 0.29) is 22.6 Å². The average Bonchev–Trinajstić information content (AvgIpc) is 3.33. The number of hydrogen-bond acceptors (Lipinski definition) is 6. The van der Waals surface area contributed by atoms with Gasteiger partial charge in [-0.15, -0.1) is 11.3 Å². The molecule has 0 fully saturated rings. The molecule has 0 radical (unpaired) electrons. The molecule has 3 heterocycles. The van der Waals surface area contributed by atoms with Crippen LogP contribution in [-0.4, -0.2) is 50.7 Å². The Morgan fingerprint density at radius 2 is 2.13 bits per heavy atom. The maximum absolute atomic E-state index is 13.0. The van der Waals surface area contributed by atoms with Crippen LogP contribution in [0.1, 0.15) is 36.3 Å². The third kappa shape index (κ3) is 4.68. The smallest absolute Gasteiger partial charge is 0.263 e. The van der Waals surface area contributed by atoms with Crippen molar-refractivity contribution in [1.82, 2.24) is 14.9 Å². The van der Waals surface area contributed by atoms with Gasteiger partial charge in [-0.1, -0.05) is 32.4 Å². The minimum Gasteiger partial charge on any atom is -0.353 e. The van der Waals surface area contributed by atoms with E-state index in [0.29, 0.717) is 12.1 Å².